The van der Waals surface area contributed by atoms with Crippen LogP contribution in [0.25, 0.3) is 0 Å². The van der Waals surface area contributed by atoms with Gasteiger partial charge in [-0.2, -0.15) is 39.5 Å². The van der Waals surface area contributed by atoms with Gasteiger partial charge < -0.3 is 4.74 Å². The van der Waals surface area contributed by atoms with Crippen LogP contribution in [0.4, 0.5) is 39.5 Å². The van der Waals surface area contributed by atoms with Gasteiger partial charge in [0.15, 0.2) is 0 Å². The molecule has 0 aliphatic carbocycles. The van der Waals surface area contributed by atoms with Crippen LogP contribution >= 0.6 is 0 Å². The van der Waals surface area contributed by atoms with E-state index in [1.807, 2.05) is 0 Å². The van der Waals surface area contributed by atoms with Crippen molar-refractivity contribution in [3.8, 4) is 0 Å². The van der Waals surface area contributed by atoms with Crippen molar-refractivity contribution < 1.29 is 49.0 Å². The highest BCUT2D eigenvalue weighted by atomic mass is 19.4. The Morgan fingerprint density at radius 2 is 1.28 bits per heavy atom. The molecular formula is C7H3F9O2. The van der Waals surface area contributed by atoms with Gasteiger partial charge in [-0.15, -0.1) is 0 Å². The molecule has 0 rings (SSSR count). The molecule has 0 saturated heterocycles. The van der Waals surface area contributed by atoms with Crippen molar-refractivity contribution in [2.75, 3.05) is 0 Å². The Morgan fingerprint density at radius 1 is 0.889 bits per heavy atom. The zero-order chi connectivity index (χ0) is 15.0. The highest BCUT2D eigenvalue weighted by Crippen LogP contribution is 2.53. The molecule has 2 nitrogen and oxygen atoms in total. The maximum atomic E-state index is 12.6. The van der Waals surface area contributed by atoms with Crippen molar-refractivity contribution in [2.24, 2.45) is 0 Å². The smallest absolute Gasteiger partial charge is 0.431 e. The molecule has 0 spiro atoms. The minimum atomic E-state index is -7.12. The molecule has 0 radical (unpaired) electrons. The fourth-order valence-electron chi connectivity index (χ4n) is 0.653. The number of alkyl halides is 9. The number of esters is 1. The Hall–Kier alpha value is -1.42. The molecule has 0 atom stereocenters. The number of hydrogen-bond donors (Lipinski definition) is 0. The molecule has 0 aliphatic rings. The van der Waals surface area contributed by atoms with Gasteiger partial charge in [0, 0.05) is 0 Å². The predicted molar refractivity (Wildman–Crippen MR) is 37.2 cm³/mol. The van der Waals surface area contributed by atoms with Crippen molar-refractivity contribution in [3.05, 3.63) is 12.8 Å². The molecular weight excluding hydrogens is 287 g/mol. The van der Waals surface area contributed by atoms with Crippen LogP contribution in [0.15, 0.2) is 12.8 Å². The molecule has 0 bridgehead atoms. The Bertz CT molecular complexity index is 343. The van der Waals surface area contributed by atoms with Crippen LogP contribution in [0.2, 0.25) is 0 Å². The summed E-state index contributed by atoms with van der Waals surface area (Å²) in [5, 5.41) is 0. The van der Waals surface area contributed by atoms with Gasteiger partial charge in [-0.25, -0.2) is 4.79 Å². The van der Waals surface area contributed by atoms with Crippen molar-refractivity contribution >= 4 is 5.97 Å². The van der Waals surface area contributed by atoms with Gasteiger partial charge in [0.2, 0.25) is 0 Å². The second-order valence-corrected chi connectivity index (χ2v) is 2.79. The van der Waals surface area contributed by atoms with Gasteiger partial charge in [-0.1, -0.05) is 6.58 Å². The Morgan fingerprint density at radius 3 is 1.56 bits per heavy atom. The van der Waals surface area contributed by atoms with Crippen molar-refractivity contribution in [2.45, 2.75) is 23.9 Å². The fourth-order valence-corrected chi connectivity index (χ4v) is 0.653. The summed E-state index contributed by atoms with van der Waals surface area (Å²) in [6, 6.07) is 0. The lowest BCUT2D eigenvalue weighted by Crippen LogP contribution is -2.63. The van der Waals surface area contributed by atoms with E-state index in [1.165, 1.54) is 0 Å². The monoisotopic (exact) mass is 290 g/mol. The minimum absolute atomic E-state index is 0.127. The summed E-state index contributed by atoms with van der Waals surface area (Å²) in [7, 11) is 0. The van der Waals surface area contributed by atoms with Crippen LogP contribution in [0.1, 0.15) is 0 Å². The number of carbonyl (C=O) groups is 1. The van der Waals surface area contributed by atoms with Gasteiger partial charge in [0.25, 0.3) is 0 Å². The summed E-state index contributed by atoms with van der Waals surface area (Å²) < 4.78 is 112. The van der Waals surface area contributed by atoms with E-state index in [1.54, 1.807) is 0 Å². The van der Waals surface area contributed by atoms with Gasteiger partial charge >= 0.3 is 29.9 Å². The first-order valence-corrected chi connectivity index (χ1v) is 3.75. The molecule has 0 saturated carbocycles. The molecule has 0 aliphatic heterocycles. The summed E-state index contributed by atoms with van der Waals surface area (Å²) in [4.78, 5) is 10.3. The number of ether oxygens (including phenoxy) is 1. The summed E-state index contributed by atoms with van der Waals surface area (Å²) in [5.41, 5.74) is 0. The molecule has 0 fully saturated rings. The normalized spacial score (nSPS) is 14.3. The van der Waals surface area contributed by atoms with Crippen molar-refractivity contribution in [3.63, 3.8) is 0 Å². The molecule has 0 aromatic heterocycles. The first-order chi connectivity index (χ1) is 7.73. The SMILES string of the molecule is C=COC(=O)C(F)(F)C(F)(F)C(F)(F)C(F)(F)F. The standard InChI is InChI=1S/C7H3F9O2/c1-2-18-3(17)4(8,9)5(10,11)6(12,13)7(14,15)16/h2H,1H2. The van der Waals surface area contributed by atoms with E-state index in [4.69, 9.17) is 0 Å². The largest absolute Gasteiger partial charge is 0.460 e. The Kier molecular flexibility index (Phi) is 4.01. The van der Waals surface area contributed by atoms with Gasteiger partial charge in [-0.3, -0.25) is 0 Å². The van der Waals surface area contributed by atoms with E-state index in [0.717, 1.165) is 0 Å². The molecule has 0 amide bonds. The number of rotatable bonds is 4. The lowest BCUT2D eigenvalue weighted by Gasteiger charge is -2.31. The zero-order valence-corrected chi connectivity index (χ0v) is 8.00. The topological polar surface area (TPSA) is 26.3 Å². The third-order valence-corrected chi connectivity index (χ3v) is 1.59. The molecule has 0 aromatic rings. The molecule has 0 unspecified atom stereocenters. The van der Waals surface area contributed by atoms with E-state index < -0.39 is 29.9 Å². The molecule has 0 N–H and O–H groups in total. The maximum absolute atomic E-state index is 12.6. The van der Waals surface area contributed by atoms with Crippen LogP contribution in [-0.2, 0) is 9.53 Å². The van der Waals surface area contributed by atoms with Crippen LogP contribution in [0.3, 0.4) is 0 Å². The highest BCUT2D eigenvalue weighted by Gasteiger charge is 2.84. The average Bonchev–Trinajstić information content (AvgIpc) is 2.15. The number of halogens is 9. The summed E-state index contributed by atoms with van der Waals surface area (Å²) in [5.74, 6) is -23.8. The molecule has 11 heteroatoms. The third kappa shape index (κ3) is 2.25. The molecule has 106 valence electrons. The second-order valence-electron chi connectivity index (χ2n) is 2.79. The summed E-state index contributed by atoms with van der Waals surface area (Å²) >= 11 is 0. The average molecular weight is 290 g/mol. The van der Waals surface area contributed by atoms with E-state index in [2.05, 4.69) is 11.3 Å². The highest BCUT2D eigenvalue weighted by molar-refractivity contribution is 5.79. The minimum Gasteiger partial charge on any atom is -0.431 e. The van der Waals surface area contributed by atoms with E-state index in [-0.39, 0.29) is 6.26 Å². The van der Waals surface area contributed by atoms with Gasteiger partial charge in [0.05, 0.1) is 6.26 Å². The van der Waals surface area contributed by atoms with E-state index in [9.17, 15) is 44.3 Å². The third-order valence-electron chi connectivity index (χ3n) is 1.59. The van der Waals surface area contributed by atoms with E-state index in [0.29, 0.717) is 0 Å². The summed E-state index contributed by atoms with van der Waals surface area (Å²) in [6.07, 6.45) is -7.10. The van der Waals surface area contributed by atoms with Crippen molar-refractivity contribution in [1.82, 2.24) is 0 Å². The van der Waals surface area contributed by atoms with Gasteiger partial charge in [0.1, 0.15) is 0 Å². The quantitative estimate of drug-likeness (QED) is 0.451. The fraction of sp³-hybridized carbons (Fsp3) is 0.571. The maximum Gasteiger partial charge on any atom is 0.460 e. The van der Waals surface area contributed by atoms with Crippen LogP contribution in [0.5, 0.6) is 0 Å². The Labute approximate surface area is 93.0 Å². The van der Waals surface area contributed by atoms with Gasteiger partial charge in [-0.05, 0) is 0 Å². The first kappa shape index (κ1) is 16.6. The lowest BCUT2D eigenvalue weighted by atomic mass is 10.0. The van der Waals surface area contributed by atoms with Crippen LogP contribution in [0, 0.1) is 0 Å². The van der Waals surface area contributed by atoms with Crippen molar-refractivity contribution in [1.29, 1.82) is 0 Å². The summed E-state index contributed by atoms with van der Waals surface area (Å²) in [6.45, 7) is 2.48. The van der Waals surface area contributed by atoms with Crippen LogP contribution in [-0.4, -0.2) is 29.9 Å². The lowest BCUT2D eigenvalue weighted by molar-refractivity contribution is -0.390. The molecule has 0 heterocycles. The Balaban J connectivity index is 5.63. The van der Waals surface area contributed by atoms with Crippen LogP contribution < -0.4 is 0 Å². The van der Waals surface area contributed by atoms with E-state index >= 15 is 0 Å². The number of carbonyl (C=O) groups excluding carboxylic acids is 1. The molecule has 0 aromatic carbocycles. The number of hydrogen-bond acceptors (Lipinski definition) is 2. The zero-order valence-electron chi connectivity index (χ0n) is 8.00. The first-order valence-electron chi connectivity index (χ1n) is 3.75. The molecule has 18 heavy (non-hydrogen) atoms. The second kappa shape index (κ2) is 4.35. The predicted octanol–water partition coefficient (Wildman–Crippen LogP) is 3.14.